The SMILES string of the molecule is Cc1ccc2n[nH]nc2c1NC(=O)N1CCSCC1c1ccc(Cl)cc1. The summed E-state index contributed by atoms with van der Waals surface area (Å²) < 4.78 is 0. The molecule has 1 fully saturated rings. The van der Waals surface area contributed by atoms with E-state index in [4.69, 9.17) is 11.6 Å². The van der Waals surface area contributed by atoms with Crippen molar-refractivity contribution in [1.29, 1.82) is 0 Å². The highest BCUT2D eigenvalue weighted by molar-refractivity contribution is 7.99. The number of carbonyl (C=O) groups excluding carboxylic acids is 1. The molecule has 3 aromatic rings. The molecule has 0 spiro atoms. The number of aromatic nitrogens is 3. The number of nitrogens with zero attached hydrogens (tertiary/aromatic N) is 3. The molecule has 1 aliphatic rings. The van der Waals surface area contributed by atoms with E-state index in [1.165, 1.54) is 0 Å². The Morgan fingerprint density at radius 3 is 2.88 bits per heavy atom. The van der Waals surface area contributed by atoms with Gasteiger partial charge in [0.2, 0.25) is 0 Å². The molecule has 2 amide bonds. The zero-order valence-corrected chi connectivity index (χ0v) is 15.8. The standard InChI is InChI=1S/C18H18ClN5OS/c1-11-2-7-14-17(22-23-21-14)16(11)20-18(25)24-8-9-26-10-15(24)12-3-5-13(19)6-4-12/h2-7,15H,8-10H2,1H3,(H,20,25)(H,21,22,23). The van der Waals surface area contributed by atoms with Gasteiger partial charge in [-0.2, -0.15) is 27.2 Å². The molecule has 0 bridgehead atoms. The molecule has 6 nitrogen and oxygen atoms in total. The quantitative estimate of drug-likeness (QED) is 0.689. The maximum absolute atomic E-state index is 13.1. The summed E-state index contributed by atoms with van der Waals surface area (Å²) in [7, 11) is 0. The highest BCUT2D eigenvalue weighted by Gasteiger charge is 2.29. The van der Waals surface area contributed by atoms with E-state index in [2.05, 4.69) is 20.7 Å². The van der Waals surface area contributed by atoms with E-state index < -0.39 is 0 Å². The number of hydrogen-bond donors (Lipinski definition) is 2. The second kappa shape index (κ2) is 7.17. The largest absolute Gasteiger partial charge is 0.322 e. The van der Waals surface area contributed by atoms with Crippen LogP contribution in [0.4, 0.5) is 10.5 Å². The van der Waals surface area contributed by atoms with E-state index in [1.807, 2.05) is 60.0 Å². The molecule has 1 saturated heterocycles. The van der Waals surface area contributed by atoms with Crippen LogP contribution in [0, 0.1) is 6.92 Å². The van der Waals surface area contributed by atoms with Crippen LogP contribution in [0.3, 0.4) is 0 Å². The Morgan fingerprint density at radius 1 is 1.27 bits per heavy atom. The van der Waals surface area contributed by atoms with Gasteiger partial charge in [-0.05, 0) is 36.2 Å². The first-order valence-corrected chi connectivity index (χ1v) is 9.87. The number of aryl methyl sites for hydroxylation is 1. The molecule has 2 aromatic carbocycles. The third-order valence-corrected chi connectivity index (χ3v) is 5.85. The lowest BCUT2D eigenvalue weighted by Gasteiger charge is -2.35. The van der Waals surface area contributed by atoms with Gasteiger partial charge in [0.1, 0.15) is 11.0 Å². The van der Waals surface area contributed by atoms with Gasteiger partial charge < -0.3 is 10.2 Å². The smallest absolute Gasteiger partial charge is 0.316 e. The lowest BCUT2D eigenvalue weighted by atomic mass is 10.1. The first-order chi connectivity index (χ1) is 12.6. The fourth-order valence-electron chi connectivity index (χ4n) is 3.16. The number of anilines is 1. The van der Waals surface area contributed by atoms with Crippen molar-refractivity contribution in [1.82, 2.24) is 20.3 Å². The second-order valence-corrected chi connectivity index (χ2v) is 7.80. The third-order valence-electron chi connectivity index (χ3n) is 4.57. The van der Waals surface area contributed by atoms with E-state index in [1.54, 1.807) is 0 Å². The zero-order valence-electron chi connectivity index (χ0n) is 14.2. The number of H-pyrrole nitrogens is 1. The molecule has 1 aromatic heterocycles. The molecule has 0 aliphatic carbocycles. The number of aromatic amines is 1. The summed E-state index contributed by atoms with van der Waals surface area (Å²) in [5.41, 5.74) is 4.15. The van der Waals surface area contributed by atoms with Crippen LogP contribution in [0.15, 0.2) is 36.4 Å². The molecule has 0 saturated carbocycles. The number of benzene rings is 2. The highest BCUT2D eigenvalue weighted by Crippen LogP contribution is 2.32. The minimum absolute atomic E-state index is 0.0165. The Kier molecular flexibility index (Phi) is 4.74. The number of halogens is 1. The summed E-state index contributed by atoms with van der Waals surface area (Å²) in [6, 6.07) is 11.4. The summed E-state index contributed by atoms with van der Waals surface area (Å²) in [5.74, 6) is 1.78. The van der Waals surface area contributed by atoms with Crippen LogP contribution in [0.25, 0.3) is 11.0 Å². The Hall–Kier alpha value is -2.25. The number of rotatable bonds is 2. The molecule has 1 atom stereocenters. The second-order valence-electron chi connectivity index (χ2n) is 6.21. The molecule has 8 heteroatoms. The van der Waals surface area contributed by atoms with Gasteiger partial charge in [0.25, 0.3) is 0 Å². The van der Waals surface area contributed by atoms with Gasteiger partial charge in [0.15, 0.2) is 0 Å². The van der Waals surface area contributed by atoms with Crippen LogP contribution < -0.4 is 5.32 Å². The summed E-state index contributed by atoms with van der Waals surface area (Å²) in [4.78, 5) is 14.9. The van der Waals surface area contributed by atoms with Crippen LogP contribution in [0.1, 0.15) is 17.2 Å². The zero-order chi connectivity index (χ0) is 18.1. The molecule has 26 heavy (non-hydrogen) atoms. The lowest BCUT2D eigenvalue weighted by molar-refractivity contribution is 0.196. The van der Waals surface area contributed by atoms with Crippen LogP contribution >= 0.6 is 23.4 Å². The van der Waals surface area contributed by atoms with Crippen LogP contribution in [0.5, 0.6) is 0 Å². The maximum Gasteiger partial charge on any atom is 0.322 e. The summed E-state index contributed by atoms with van der Waals surface area (Å²) >= 11 is 7.86. The molecular formula is C18H18ClN5OS. The van der Waals surface area contributed by atoms with Gasteiger partial charge in [-0.25, -0.2) is 4.79 Å². The fraction of sp³-hybridized carbons (Fsp3) is 0.278. The summed E-state index contributed by atoms with van der Waals surface area (Å²) in [6.45, 7) is 2.64. The fourth-order valence-corrected chi connectivity index (χ4v) is 4.37. The molecule has 4 rings (SSSR count). The van der Waals surface area contributed by atoms with Gasteiger partial charge >= 0.3 is 6.03 Å². The Bertz CT molecular complexity index is 942. The average Bonchev–Trinajstić information content (AvgIpc) is 3.14. The molecule has 134 valence electrons. The van der Waals surface area contributed by atoms with E-state index in [0.717, 1.165) is 28.1 Å². The number of fused-ring (bicyclic) bond motifs is 1. The minimum Gasteiger partial charge on any atom is -0.316 e. The van der Waals surface area contributed by atoms with Crippen molar-refractivity contribution in [2.45, 2.75) is 13.0 Å². The number of urea groups is 1. The van der Waals surface area contributed by atoms with Crippen molar-refractivity contribution in [2.75, 3.05) is 23.4 Å². The highest BCUT2D eigenvalue weighted by atomic mass is 35.5. The first-order valence-electron chi connectivity index (χ1n) is 8.34. The summed E-state index contributed by atoms with van der Waals surface area (Å²) in [5, 5.41) is 14.6. The Balaban J connectivity index is 1.62. The van der Waals surface area contributed by atoms with Crippen molar-refractivity contribution in [3.63, 3.8) is 0 Å². The minimum atomic E-state index is -0.121. The third kappa shape index (κ3) is 3.24. The first kappa shape index (κ1) is 17.2. The van der Waals surface area contributed by atoms with Gasteiger partial charge in [0, 0.05) is 23.1 Å². The van der Waals surface area contributed by atoms with Crippen LogP contribution in [-0.4, -0.2) is 44.4 Å². The van der Waals surface area contributed by atoms with Crippen LogP contribution in [0.2, 0.25) is 5.02 Å². The van der Waals surface area contributed by atoms with E-state index in [9.17, 15) is 4.79 Å². The van der Waals surface area contributed by atoms with Gasteiger partial charge in [0.05, 0.1) is 11.7 Å². The molecule has 1 aliphatic heterocycles. The molecule has 2 N–H and O–H groups in total. The van der Waals surface area contributed by atoms with Crippen molar-refractivity contribution in [2.24, 2.45) is 0 Å². The van der Waals surface area contributed by atoms with Crippen molar-refractivity contribution >= 4 is 46.1 Å². The monoisotopic (exact) mass is 387 g/mol. The van der Waals surface area contributed by atoms with Crippen molar-refractivity contribution in [3.8, 4) is 0 Å². The number of carbonyl (C=O) groups is 1. The maximum atomic E-state index is 13.1. The molecule has 2 heterocycles. The predicted octanol–water partition coefficient (Wildman–Crippen LogP) is 4.24. The Labute approximate surface area is 160 Å². The molecule has 0 radical (unpaired) electrons. The normalized spacial score (nSPS) is 17.5. The van der Waals surface area contributed by atoms with Gasteiger partial charge in [-0.15, -0.1) is 0 Å². The van der Waals surface area contributed by atoms with Crippen LogP contribution in [-0.2, 0) is 0 Å². The van der Waals surface area contributed by atoms with E-state index in [-0.39, 0.29) is 12.1 Å². The Morgan fingerprint density at radius 2 is 2.08 bits per heavy atom. The molecular weight excluding hydrogens is 370 g/mol. The van der Waals surface area contributed by atoms with Crippen molar-refractivity contribution < 1.29 is 4.79 Å². The number of hydrogen-bond acceptors (Lipinski definition) is 4. The number of thioether (sulfide) groups is 1. The van der Waals surface area contributed by atoms with Gasteiger partial charge in [-0.1, -0.05) is 29.8 Å². The number of amides is 2. The average molecular weight is 388 g/mol. The summed E-state index contributed by atoms with van der Waals surface area (Å²) in [6.07, 6.45) is 0. The van der Waals surface area contributed by atoms with E-state index >= 15 is 0 Å². The number of nitrogens with one attached hydrogen (secondary N) is 2. The van der Waals surface area contributed by atoms with Gasteiger partial charge in [-0.3, -0.25) is 0 Å². The topological polar surface area (TPSA) is 73.9 Å². The van der Waals surface area contributed by atoms with E-state index in [0.29, 0.717) is 22.8 Å². The molecule has 1 unspecified atom stereocenters. The lowest BCUT2D eigenvalue weighted by Crippen LogP contribution is -2.43. The predicted molar refractivity (Wildman–Crippen MR) is 106 cm³/mol. The van der Waals surface area contributed by atoms with Crippen molar-refractivity contribution in [3.05, 3.63) is 52.5 Å².